The highest BCUT2D eigenvalue weighted by Gasteiger charge is 2.20. The normalized spacial score (nSPS) is 11.3. The van der Waals surface area contributed by atoms with Crippen LogP contribution in [-0.4, -0.2) is 25.7 Å². The van der Waals surface area contributed by atoms with E-state index in [1.165, 1.54) is 42.6 Å². The van der Waals surface area contributed by atoms with Crippen LogP contribution in [0.1, 0.15) is 11.1 Å². The number of nitro groups is 2. The molecule has 12 heteroatoms. The Kier molecular flexibility index (Phi) is 6.69. The van der Waals surface area contributed by atoms with Crippen molar-refractivity contribution in [3.63, 3.8) is 0 Å². The molecule has 0 saturated carbocycles. The number of rotatable bonds is 8. The third-order valence-electron chi connectivity index (χ3n) is 6.46. The predicted molar refractivity (Wildman–Crippen MR) is 155 cm³/mol. The number of fused-ring (bicyclic) bond motifs is 2. The van der Waals surface area contributed by atoms with Crippen molar-refractivity contribution in [1.29, 1.82) is 0 Å². The van der Waals surface area contributed by atoms with Crippen LogP contribution in [0.5, 0.6) is 5.75 Å². The van der Waals surface area contributed by atoms with Crippen molar-refractivity contribution in [2.24, 2.45) is 5.10 Å². The summed E-state index contributed by atoms with van der Waals surface area (Å²) < 4.78 is 12.9. The third-order valence-corrected chi connectivity index (χ3v) is 6.46. The summed E-state index contributed by atoms with van der Waals surface area (Å²) in [6.07, 6.45) is 1.28. The fraction of sp³-hybridized carbons (Fsp3) is 0.0333. The molecule has 2 aromatic heterocycles. The summed E-state index contributed by atoms with van der Waals surface area (Å²) in [7, 11) is 0. The number of benzene rings is 4. The maximum absolute atomic E-state index is 13.6. The first-order valence-corrected chi connectivity index (χ1v) is 12.6. The van der Waals surface area contributed by atoms with Crippen LogP contribution in [0.2, 0.25) is 0 Å². The molecular formula is C30H19N5O7. The van der Waals surface area contributed by atoms with Gasteiger partial charge in [0, 0.05) is 29.1 Å². The number of non-ortho nitro benzene ring substituents is 1. The van der Waals surface area contributed by atoms with Gasteiger partial charge in [0.2, 0.25) is 11.6 Å². The number of aromatic nitrogens is 2. The monoisotopic (exact) mass is 561 g/mol. The van der Waals surface area contributed by atoms with Crippen LogP contribution in [0.15, 0.2) is 111 Å². The molecule has 0 saturated heterocycles. The van der Waals surface area contributed by atoms with Gasteiger partial charge in [-0.3, -0.25) is 25.0 Å². The molecule has 0 unspecified atom stereocenters. The van der Waals surface area contributed by atoms with Crippen LogP contribution in [0.4, 0.5) is 11.4 Å². The summed E-state index contributed by atoms with van der Waals surface area (Å²) >= 11 is 0. The fourth-order valence-electron chi connectivity index (χ4n) is 4.42. The SMILES string of the molecule is O=c1c2ccccc2nc(-c2cc3ccccc3o2)n1N=Cc1cccc([N+](=O)[O-])c1OCc1ccc([N+](=O)[O-])cc1. The highest BCUT2D eigenvalue weighted by Crippen LogP contribution is 2.31. The summed E-state index contributed by atoms with van der Waals surface area (Å²) in [6, 6.07) is 25.9. The molecule has 0 fully saturated rings. The molecule has 0 aliphatic rings. The Balaban J connectivity index is 1.43. The van der Waals surface area contributed by atoms with E-state index in [0.717, 1.165) is 10.1 Å². The molecule has 0 bridgehead atoms. The lowest BCUT2D eigenvalue weighted by Gasteiger charge is -2.10. The predicted octanol–water partition coefficient (Wildman–Crippen LogP) is 6.09. The second-order valence-electron chi connectivity index (χ2n) is 9.13. The van der Waals surface area contributed by atoms with E-state index >= 15 is 0 Å². The maximum Gasteiger partial charge on any atom is 0.311 e. The van der Waals surface area contributed by atoms with Gasteiger partial charge in [-0.25, -0.2) is 4.98 Å². The van der Waals surface area contributed by atoms with Crippen molar-refractivity contribution in [2.45, 2.75) is 6.61 Å². The first-order valence-electron chi connectivity index (χ1n) is 12.6. The zero-order valence-electron chi connectivity index (χ0n) is 21.6. The molecule has 42 heavy (non-hydrogen) atoms. The quantitative estimate of drug-likeness (QED) is 0.123. The van der Waals surface area contributed by atoms with Gasteiger partial charge >= 0.3 is 5.69 Å². The van der Waals surface area contributed by atoms with Crippen LogP contribution in [-0.2, 0) is 6.61 Å². The second kappa shape index (κ2) is 10.8. The van der Waals surface area contributed by atoms with Crippen LogP contribution < -0.4 is 10.3 Å². The van der Waals surface area contributed by atoms with E-state index < -0.39 is 15.4 Å². The molecule has 2 heterocycles. The molecule has 6 rings (SSSR count). The molecule has 0 radical (unpaired) electrons. The Morgan fingerprint density at radius 1 is 0.905 bits per heavy atom. The van der Waals surface area contributed by atoms with Crippen molar-refractivity contribution in [1.82, 2.24) is 9.66 Å². The minimum atomic E-state index is -0.591. The third kappa shape index (κ3) is 4.95. The van der Waals surface area contributed by atoms with E-state index in [4.69, 9.17) is 9.15 Å². The lowest BCUT2D eigenvalue weighted by Crippen LogP contribution is -2.20. The van der Waals surface area contributed by atoms with Crippen molar-refractivity contribution >= 4 is 39.5 Å². The zero-order valence-corrected chi connectivity index (χ0v) is 21.6. The molecule has 0 N–H and O–H groups in total. The molecule has 12 nitrogen and oxygen atoms in total. The number of nitrogens with zero attached hydrogens (tertiary/aromatic N) is 5. The van der Waals surface area contributed by atoms with Crippen molar-refractivity contribution in [3.05, 3.63) is 139 Å². The van der Waals surface area contributed by atoms with Gasteiger partial charge in [-0.15, -0.1) is 0 Å². The Labute approximate surface area is 236 Å². The van der Waals surface area contributed by atoms with E-state index in [1.54, 1.807) is 42.5 Å². The van der Waals surface area contributed by atoms with Crippen LogP contribution in [0, 0.1) is 20.2 Å². The Morgan fingerprint density at radius 2 is 1.67 bits per heavy atom. The first-order chi connectivity index (χ1) is 20.4. The molecular weight excluding hydrogens is 542 g/mol. The average Bonchev–Trinajstić information content (AvgIpc) is 3.44. The van der Waals surface area contributed by atoms with Gasteiger partial charge < -0.3 is 9.15 Å². The van der Waals surface area contributed by atoms with Crippen LogP contribution >= 0.6 is 0 Å². The molecule has 4 aromatic carbocycles. The highest BCUT2D eigenvalue weighted by molar-refractivity contribution is 5.87. The largest absolute Gasteiger partial charge is 0.481 e. The van der Waals surface area contributed by atoms with E-state index in [0.29, 0.717) is 27.8 Å². The molecule has 206 valence electrons. The topological polar surface area (TPSA) is 156 Å². The fourth-order valence-corrected chi connectivity index (χ4v) is 4.42. The van der Waals surface area contributed by atoms with E-state index in [9.17, 15) is 25.0 Å². The number of para-hydroxylation sites is 3. The number of hydrogen-bond acceptors (Lipinski definition) is 9. The van der Waals surface area contributed by atoms with Gasteiger partial charge in [0.15, 0.2) is 5.76 Å². The Bertz CT molecular complexity index is 2050. The molecule has 0 spiro atoms. The zero-order chi connectivity index (χ0) is 29.2. The lowest BCUT2D eigenvalue weighted by atomic mass is 10.2. The first kappa shape index (κ1) is 26.1. The summed E-state index contributed by atoms with van der Waals surface area (Å²) in [5.74, 6) is 0.367. The molecule has 0 aliphatic heterocycles. The number of furan rings is 1. The lowest BCUT2D eigenvalue weighted by molar-refractivity contribution is -0.386. The van der Waals surface area contributed by atoms with E-state index in [1.807, 2.05) is 18.2 Å². The minimum absolute atomic E-state index is 0.0864. The highest BCUT2D eigenvalue weighted by atomic mass is 16.6. The summed E-state index contributed by atoms with van der Waals surface area (Å²) in [4.78, 5) is 39.9. The van der Waals surface area contributed by atoms with Crippen molar-refractivity contribution in [2.75, 3.05) is 0 Å². The Hall–Kier alpha value is -6.17. The number of ether oxygens (including phenoxy) is 1. The van der Waals surface area contributed by atoms with Crippen molar-refractivity contribution < 1.29 is 19.0 Å². The Morgan fingerprint density at radius 3 is 2.43 bits per heavy atom. The van der Waals surface area contributed by atoms with E-state index in [-0.39, 0.29) is 35.1 Å². The molecule has 6 aromatic rings. The van der Waals surface area contributed by atoms with Gasteiger partial charge in [-0.05, 0) is 48.0 Å². The smallest absolute Gasteiger partial charge is 0.311 e. The second-order valence-corrected chi connectivity index (χ2v) is 9.13. The van der Waals surface area contributed by atoms with E-state index in [2.05, 4.69) is 10.1 Å². The van der Waals surface area contributed by atoms with Crippen LogP contribution in [0.25, 0.3) is 33.5 Å². The average molecular weight is 562 g/mol. The number of nitro benzene ring substituents is 2. The molecule has 0 atom stereocenters. The van der Waals surface area contributed by atoms with Crippen LogP contribution in [0.3, 0.4) is 0 Å². The summed E-state index contributed by atoms with van der Waals surface area (Å²) in [5.41, 5.74) is 0.962. The summed E-state index contributed by atoms with van der Waals surface area (Å²) in [6.45, 7) is -0.106. The van der Waals surface area contributed by atoms with Gasteiger partial charge in [0.05, 0.1) is 27.0 Å². The number of hydrogen-bond donors (Lipinski definition) is 0. The maximum atomic E-state index is 13.6. The molecule has 0 aliphatic carbocycles. The van der Waals surface area contributed by atoms with Crippen molar-refractivity contribution in [3.8, 4) is 17.3 Å². The van der Waals surface area contributed by atoms with Gasteiger partial charge in [-0.1, -0.05) is 36.4 Å². The summed E-state index contributed by atoms with van der Waals surface area (Å²) in [5, 5.41) is 28.3. The van der Waals surface area contributed by atoms with Gasteiger partial charge in [0.25, 0.3) is 11.2 Å². The van der Waals surface area contributed by atoms with Gasteiger partial charge in [0.1, 0.15) is 12.2 Å². The molecule has 0 amide bonds. The standard InChI is InChI=1S/C30H19N5O7/c36-30-23-8-2-3-9-24(23)32-29(27-16-20-6-1-4-11-26(20)42-27)33(30)31-17-21-7-5-10-25(35(39)40)28(21)41-18-19-12-14-22(15-13-19)34(37)38/h1-17H,18H2. The van der Waals surface area contributed by atoms with Gasteiger partial charge in [-0.2, -0.15) is 9.78 Å². The minimum Gasteiger partial charge on any atom is -0.481 e.